The number of aryl methyl sites for hydroxylation is 2. The van der Waals surface area contributed by atoms with Gasteiger partial charge in [-0.1, -0.05) is 35.9 Å². The summed E-state index contributed by atoms with van der Waals surface area (Å²) in [5.41, 5.74) is 11.3. The van der Waals surface area contributed by atoms with Crippen molar-refractivity contribution in [2.75, 3.05) is 11.1 Å². The van der Waals surface area contributed by atoms with Gasteiger partial charge < -0.3 is 11.1 Å². The number of fused-ring (bicyclic) bond motifs is 1. The van der Waals surface area contributed by atoms with Crippen molar-refractivity contribution in [3.63, 3.8) is 0 Å². The van der Waals surface area contributed by atoms with E-state index in [1.165, 1.54) is 21.9 Å². The molecule has 3 rings (SSSR count). The molecule has 0 bridgehead atoms. The number of hydrogen-bond donors (Lipinski definition) is 2. The van der Waals surface area contributed by atoms with E-state index in [4.69, 9.17) is 5.73 Å². The molecule has 3 N–H and O–H groups in total. The van der Waals surface area contributed by atoms with Gasteiger partial charge in [0.1, 0.15) is 0 Å². The van der Waals surface area contributed by atoms with Crippen molar-refractivity contribution in [3.05, 3.63) is 65.7 Å². The van der Waals surface area contributed by atoms with Crippen molar-refractivity contribution < 1.29 is 0 Å². The van der Waals surface area contributed by atoms with E-state index in [2.05, 4.69) is 54.7 Å². The van der Waals surface area contributed by atoms with Crippen LogP contribution in [0.1, 0.15) is 11.1 Å². The van der Waals surface area contributed by atoms with E-state index in [0.717, 1.165) is 17.1 Å². The van der Waals surface area contributed by atoms with Crippen molar-refractivity contribution in [1.82, 2.24) is 0 Å². The summed E-state index contributed by atoms with van der Waals surface area (Å²) < 4.78 is 0. The predicted molar refractivity (Wildman–Crippen MR) is 87.6 cm³/mol. The van der Waals surface area contributed by atoms with Crippen molar-refractivity contribution in [3.8, 4) is 0 Å². The highest BCUT2D eigenvalue weighted by atomic mass is 14.9. The monoisotopic (exact) mass is 262 g/mol. The maximum Gasteiger partial charge on any atom is 0.0618 e. The van der Waals surface area contributed by atoms with Gasteiger partial charge in [0.25, 0.3) is 0 Å². The number of nitrogens with two attached hydrogens (primary N) is 1. The molecule has 2 nitrogen and oxygen atoms in total. The molecule has 3 aromatic carbocycles. The van der Waals surface area contributed by atoms with Gasteiger partial charge in [-0.3, -0.25) is 0 Å². The molecule has 0 saturated heterocycles. The summed E-state index contributed by atoms with van der Waals surface area (Å²) in [4.78, 5) is 0. The molecule has 2 heteroatoms. The quantitative estimate of drug-likeness (QED) is 0.652. The molecule has 0 radical (unpaired) electrons. The Balaban J connectivity index is 1.96. The average Bonchev–Trinajstić information content (AvgIpc) is 2.42. The molecule has 0 aromatic heterocycles. The first kappa shape index (κ1) is 12.5. The molecule has 0 fully saturated rings. The largest absolute Gasteiger partial charge is 0.397 e. The van der Waals surface area contributed by atoms with Gasteiger partial charge >= 0.3 is 0 Å². The van der Waals surface area contributed by atoms with Crippen LogP contribution in [0, 0.1) is 13.8 Å². The topological polar surface area (TPSA) is 38.0 Å². The molecule has 0 aliphatic heterocycles. The van der Waals surface area contributed by atoms with E-state index in [1.54, 1.807) is 0 Å². The summed E-state index contributed by atoms with van der Waals surface area (Å²) in [6.07, 6.45) is 0. The first-order valence-corrected chi connectivity index (χ1v) is 6.75. The zero-order valence-corrected chi connectivity index (χ0v) is 11.8. The van der Waals surface area contributed by atoms with Crippen molar-refractivity contribution >= 4 is 27.8 Å². The standard InChI is InChI=1S/C18H18N2/c1-12-3-5-15-11-16(7-6-14(15)9-12)20-18-8-4-13(2)10-17(18)19/h3-11,20H,19H2,1-2H3. The Labute approximate surface area is 119 Å². The maximum atomic E-state index is 6.04. The van der Waals surface area contributed by atoms with Crippen molar-refractivity contribution in [1.29, 1.82) is 0 Å². The molecule has 0 unspecified atom stereocenters. The summed E-state index contributed by atoms with van der Waals surface area (Å²) in [7, 11) is 0. The van der Waals surface area contributed by atoms with Crippen LogP contribution in [-0.4, -0.2) is 0 Å². The third kappa shape index (κ3) is 2.45. The van der Waals surface area contributed by atoms with Crippen molar-refractivity contribution in [2.45, 2.75) is 13.8 Å². The van der Waals surface area contributed by atoms with E-state index in [-0.39, 0.29) is 0 Å². The third-order valence-electron chi connectivity index (χ3n) is 3.48. The van der Waals surface area contributed by atoms with Crippen LogP contribution in [0.4, 0.5) is 17.1 Å². The number of hydrogen-bond acceptors (Lipinski definition) is 2. The van der Waals surface area contributed by atoms with Crippen LogP contribution in [0.15, 0.2) is 54.6 Å². The first-order valence-electron chi connectivity index (χ1n) is 6.75. The summed E-state index contributed by atoms with van der Waals surface area (Å²) in [6, 6.07) is 18.9. The fourth-order valence-electron chi connectivity index (χ4n) is 2.39. The minimum Gasteiger partial charge on any atom is -0.397 e. The highest BCUT2D eigenvalue weighted by Gasteiger charge is 2.01. The van der Waals surface area contributed by atoms with E-state index >= 15 is 0 Å². The molecular weight excluding hydrogens is 244 g/mol. The van der Waals surface area contributed by atoms with Gasteiger partial charge in [0.15, 0.2) is 0 Å². The van der Waals surface area contributed by atoms with E-state index < -0.39 is 0 Å². The molecule has 20 heavy (non-hydrogen) atoms. The molecular formula is C18H18N2. The Kier molecular flexibility index (Phi) is 3.07. The Hall–Kier alpha value is -2.48. The van der Waals surface area contributed by atoms with E-state index in [9.17, 15) is 0 Å². The summed E-state index contributed by atoms with van der Waals surface area (Å²) in [5.74, 6) is 0. The first-order chi connectivity index (χ1) is 9.61. The highest BCUT2D eigenvalue weighted by Crippen LogP contribution is 2.26. The molecule has 100 valence electrons. The SMILES string of the molecule is Cc1ccc(Nc2ccc3cc(C)ccc3c2)c(N)c1. The van der Waals surface area contributed by atoms with Gasteiger partial charge in [-0.2, -0.15) is 0 Å². The lowest BCUT2D eigenvalue weighted by molar-refractivity contribution is 1.45. The molecule has 0 saturated carbocycles. The summed E-state index contributed by atoms with van der Waals surface area (Å²) in [6.45, 7) is 4.15. The van der Waals surface area contributed by atoms with Gasteiger partial charge in [-0.05, 0) is 54.4 Å². The van der Waals surface area contributed by atoms with E-state index in [0.29, 0.717) is 0 Å². The summed E-state index contributed by atoms with van der Waals surface area (Å²) in [5, 5.41) is 5.87. The minimum atomic E-state index is 0.772. The second-order valence-corrected chi connectivity index (χ2v) is 5.28. The molecule has 0 heterocycles. The van der Waals surface area contributed by atoms with Gasteiger partial charge in [-0.15, -0.1) is 0 Å². The van der Waals surface area contributed by atoms with Gasteiger partial charge in [0.2, 0.25) is 0 Å². The zero-order valence-electron chi connectivity index (χ0n) is 11.8. The van der Waals surface area contributed by atoms with Crippen LogP contribution in [0.3, 0.4) is 0 Å². The number of nitrogen functional groups attached to an aromatic ring is 1. The highest BCUT2D eigenvalue weighted by molar-refractivity contribution is 5.87. The van der Waals surface area contributed by atoms with Crippen LogP contribution in [0.25, 0.3) is 10.8 Å². The third-order valence-corrected chi connectivity index (χ3v) is 3.48. The number of anilines is 3. The van der Waals surface area contributed by atoms with Crippen LogP contribution < -0.4 is 11.1 Å². The Bertz CT molecular complexity index is 775. The van der Waals surface area contributed by atoms with Crippen LogP contribution in [-0.2, 0) is 0 Å². The normalized spacial score (nSPS) is 10.7. The lowest BCUT2D eigenvalue weighted by Crippen LogP contribution is -1.96. The number of rotatable bonds is 2. The van der Waals surface area contributed by atoms with Crippen LogP contribution in [0.2, 0.25) is 0 Å². The van der Waals surface area contributed by atoms with Gasteiger partial charge in [0.05, 0.1) is 11.4 Å². The fourth-order valence-corrected chi connectivity index (χ4v) is 2.39. The molecule has 3 aromatic rings. The fraction of sp³-hybridized carbons (Fsp3) is 0.111. The molecule has 0 atom stereocenters. The van der Waals surface area contributed by atoms with Crippen LogP contribution >= 0.6 is 0 Å². The number of nitrogens with one attached hydrogen (secondary N) is 1. The molecule has 0 aliphatic rings. The molecule has 0 aliphatic carbocycles. The lowest BCUT2D eigenvalue weighted by Gasteiger charge is -2.11. The second-order valence-electron chi connectivity index (χ2n) is 5.28. The molecule has 0 spiro atoms. The predicted octanol–water partition coefficient (Wildman–Crippen LogP) is 4.78. The van der Waals surface area contributed by atoms with Crippen molar-refractivity contribution in [2.24, 2.45) is 0 Å². The average molecular weight is 262 g/mol. The van der Waals surface area contributed by atoms with Crippen LogP contribution in [0.5, 0.6) is 0 Å². The van der Waals surface area contributed by atoms with Gasteiger partial charge in [0, 0.05) is 5.69 Å². The Morgan fingerprint density at radius 2 is 1.40 bits per heavy atom. The minimum absolute atomic E-state index is 0.772. The number of benzene rings is 3. The lowest BCUT2D eigenvalue weighted by atomic mass is 10.1. The summed E-state index contributed by atoms with van der Waals surface area (Å²) >= 11 is 0. The molecule has 0 amide bonds. The van der Waals surface area contributed by atoms with E-state index in [1.807, 2.05) is 19.1 Å². The zero-order chi connectivity index (χ0) is 14.1. The Morgan fingerprint density at radius 3 is 2.20 bits per heavy atom. The smallest absolute Gasteiger partial charge is 0.0618 e. The van der Waals surface area contributed by atoms with Gasteiger partial charge in [-0.25, -0.2) is 0 Å². The second kappa shape index (κ2) is 4.89. The maximum absolute atomic E-state index is 6.04. The Morgan fingerprint density at radius 1 is 0.750 bits per heavy atom.